The summed E-state index contributed by atoms with van der Waals surface area (Å²) >= 11 is 0. The number of hydrogen-bond donors (Lipinski definition) is 0. The summed E-state index contributed by atoms with van der Waals surface area (Å²) in [6.07, 6.45) is 2.49. The van der Waals surface area contributed by atoms with Crippen molar-refractivity contribution >= 4 is 12.0 Å². The summed E-state index contributed by atoms with van der Waals surface area (Å²) in [6.45, 7) is 0.537. The minimum atomic E-state index is 0.537. The Balaban J connectivity index is 2.60. The second-order valence-electron chi connectivity index (χ2n) is 3.17. The second-order valence-corrected chi connectivity index (χ2v) is 3.17. The van der Waals surface area contributed by atoms with E-state index in [-0.39, 0.29) is 0 Å². The normalized spacial score (nSPS) is 15.2. The minimum Gasteiger partial charge on any atom is -0.298 e. The SMILES string of the molecule is O=Cc1cccc2c1CCC[N+]2=O. The first-order valence-electron chi connectivity index (χ1n) is 4.34. The minimum absolute atomic E-state index is 0.537. The Hall–Kier alpha value is -1.51. The van der Waals surface area contributed by atoms with Crippen LogP contribution in [0.4, 0.5) is 5.69 Å². The first kappa shape index (κ1) is 8.10. The number of benzene rings is 1. The lowest BCUT2D eigenvalue weighted by Crippen LogP contribution is -2.14. The van der Waals surface area contributed by atoms with E-state index in [4.69, 9.17) is 0 Å². The molecule has 3 nitrogen and oxygen atoms in total. The van der Waals surface area contributed by atoms with Crippen molar-refractivity contribution in [2.75, 3.05) is 6.54 Å². The van der Waals surface area contributed by atoms with E-state index in [2.05, 4.69) is 0 Å². The number of hydrogen-bond acceptors (Lipinski definition) is 2. The largest absolute Gasteiger partial charge is 0.298 e. The molecule has 66 valence electrons. The highest BCUT2D eigenvalue weighted by atomic mass is 16.3. The van der Waals surface area contributed by atoms with E-state index in [1.165, 1.54) is 0 Å². The third-order valence-corrected chi connectivity index (χ3v) is 2.37. The van der Waals surface area contributed by atoms with Gasteiger partial charge in [0.2, 0.25) is 0 Å². The van der Waals surface area contributed by atoms with Crippen LogP contribution in [0, 0.1) is 4.91 Å². The van der Waals surface area contributed by atoms with Crippen molar-refractivity contribution in [3.05, 3.63) is 34.2 Å². The second kappa shape index (κ2) is 3.09. The van der Waals surface area contributed by atoms with Gasteiger partial charge in [-0.3, -0.25) is 4.79 Å². The van der Waals surface area contributed by atoms with Gasteiger partial charge in [0.05, 0.1) is 0 Å². The summed E-state index contributed by atoms with van der Waals surface area (Å²) in [4.78, 5) is 22.0. The van der Waals surface area contributed by atoms with Crippen molar-refractivity contribution in [1.82, 2.24) is 0 Å². The summed E-state index contributed by atoms with van der Waals surface area (Å²) in [6, 6.07) is 5.28. The molecule has 1 aromatic rings. The molecule has 1 aromatic carbocycles. The molecule has 1 heterocycles. The van der Waals surface area contributed by atoms with E-state index < -0.39 is 0 Å². The first-order chi connectivity index (χ1) is 6.33. The van der Waals surface area contributed by atoms with Crippen molar-refractivity contribution in [3.63, 3.8) is 0 Å². The van der Waals surface area contributed by atoms with Gasteiger partial charge in [-0.1, -0.05) is 12.1 Å². The van der Waals surface area contributed by atoms with Crippen LogP contribution in [0.25, 0.3) is 0 Å². The van der Waals surface area contributed by atoms with Gasteiger partial charge in [-0.05, 0) is 6.42 Å². The third kappa shape index (κ3) is 1.26. The zero-order valence-corrected chi connectivity index (χ0v) is 7.19. The molecule has 2 rings (SSSR count). The standard InChI is InChI=1S/C10H10NO2/c12-7-8-3-1-5-10-9(8)4-2-6-11(10)13/h1,3,5,7H,2,4,6H2/q+1. The number of carbonyl (C=O) groups is 1. The molecule has 0 fully saturated rings. The molecule has 13 heavy (non-hydrogen) atoms. The zero-order valence-electron chi connectivity index (χ0n) is 7.19. The van der Waals surface area contributed by atoms with Gasteiger partial charge >= 0.3 is 0 Å². The highest BCUT2D eigenvalue weighted by Crippen LogP contribution is 2.26. The molecule has 1 aliphatic heterocycles. The summed E-state index contributed by atoms with van der Waals surface area (Å²) in [5.74, 6) is 0. The molecule has 0 unspecified atom stereocenters. The molecule has 0 atom stereocenters. The molecule has 0 amide bonds. The summed E-state index contributed by atoms with van der Waals surface area (Å²) in [7, 11) is 0. The van der Waals surface area contributed by atoms with Crippen molar-refractivity contribution < 1.29 is 9.55 Å². The van der Waals surface area contributed by atoms with Crippen molar-refractivity contribution in [1.29, 1.82) is 0 Å². The average Bonchev–Trinajstić information content (AvgIpc) is 2.18. The van der Waals surface area contributed by atoms with Crippen LogP contribution in [0.5, 0.6) is 0 Å². The molecule has 0 spiro atoms. The van der Waals surface area contributed by atoms with Crippen molar-refractivity contribution in [2.24, 2.45) is 0 Å². The number of nitrogens with zero attached hydrogens (tertiary/aromatic N) is 1. The van der Waals surface area contributed by atoms with Crippen LogP contribution in [-0.4, -0.2) is 17.6 Å². The van der Waals surface area contributed by atoms with Crippen LogP contribution in [0.1, 0.15) is 22.3 Å². The van der Waals surface area contributed by atoms with E-state index in [0.717, 1.165) is 29.5 Å². The molecular weight excluding hydrogens is 166 g/mol. The van der Waals surface area contributed by atoms with Crippen molar-refractivity contribution in [3.8, 4) is 0 Å². The maximum absolute atomic E-state index is 11.4. The van der Waals surface area contributed by atoms with Gasteiger partial charge in [-0.25, -0.2) is 0 Å². The Kier molecular flexibility index (Phi) is 1.93. The van der Waals surface area contributed by atoms with Crippen LogP contribution in [0.3, 0.4) is 0 Å². The molecule has 0 saturated heterocycles. The lowest BCUT2D eigenvalue weighted by Gasteiger charge is -2.09. The van der Waals surface area contributed by atoms with Gasteiger partial charge in [0.25, 0.3) is 5.69 Å². The van der Waals surface area contributed by atoms with Crippen LogP contribution >= 0.6 is 0 Å². The fourth-order valence-corrected chi connectivity index (χ4v) is 1.73. The number of fused-ring (bicyclic) bond motifs is 1. The lowest BCUT2D eigenvalue weighted by atomic mass is 9.98. The Labute approximate surface area is 76.0 Å². The molecule has 0 bridgehead atoms. The van der Waals surface area contributed by atoms with E-state index in [1.54, 1.807) is 18.2 Å². The van der Waals surface area contributed by atoms with Crippen LogP contribution < -0.4 is 0 Å². The maximum atomic E-state index is 11.4. The topological polar surface area (TPSA) is 37.1 Å². The fraction of sp³-hybridized carbons (Fsp3) is 0.300. The summed E-state index contributed by atoms with van der Waals surface area (Å²) in [5.41, 5.74) is 2.22. The average molecular weight is 176 g/mol. The summed E-state index contributed by atoms with van der Waals surface area (Å²) in [5, 5.41) is 0. The molecular formula is C10H10NO2+. The van der Waals surface area contributed by atoms with E-state index in [1.807, 2.05) is 0 Å². The first-order valence-corrected chi connectivity index (χ1v) is 4.34. The lowest BCUT2D eigenvalue weighted by molar-refractivity contribution is -0.468. The van der Waals surface area contributed by atoms with Gasteiger partial charge in [-0.2, -0.15) is 0 Å². The zero-order chi connectivity index (χ0) is 9.26. The number of carbonyl (C=O) groups excluding carboxylic acids is 1. The highest BCUT2D eigenvalue weighted by Gasteiger charge is 2.25. The van der Waals surface area contributed by atoms with E-state index in [0.29, 0.717) is 17.8 Å². The number of nitroso groups, excluding NO2 is 1. The van der Waals surface area contributed by atoms with Crippen LogP contribution in [-0.2, 0) is 6.42 Å². The monoisotopic (exact) mass is 176 g/mol. The van der Waals surface area contributed by atoms with Gasteiger partial charge in [0.15, 0.2) is 12.8 Å². The van der Waals surface area contributed by atoms with Gasteiger partial charge in [0, 0.05) is 33.3 Å². The Morgan fingerprint density at radius 1 is 1.38 bits per heavy atom. The smallest absolute Gasteiger partial charge is 0.259 e. The number of rotatable bonds is 1. The molecule has 0 N–H and O–H groups in total. The van der Waals surface area contributed by atoms with E-state index in [9.17, 15) is 9.70 Å². The highest BCUT2D eigenvalue weighted by molar-refractivity contribution is 5.79. The fourth-order valence-electron chi connectivity index (χ4n) is 1.73. The van der Waals surface area contributed by atoms with Crippen LogP contribution in [0.2, 0.25) is 0 Å². The molecule has 0 aliphatic carbocycles. The maximum Gasteiger partial charge on any atom is 0.259 e. The predicted molar refractivity (Wildman–Crippen MR) is 48.3 cm³/mol. The molecule has 0 radical (unpaired) electrons. The molecule has 0 aromatic heterocycles. The van der Waals surface area contributed by atoms with E-state index >= 15 is 0 Å². The van der Waals surface area contributed by atoms with Crippen LogP contribution in [0.15, 0.2) is 18.2 Å². The van der Waals surface area contributed by atoms with Gasteiger partial charge in [-0.15, -0.1) is 0 Å². The quantitative estimate of drug-likeness (QED) is 0.483. The number of aldehydes is 1. The third-order valence-electron chi connectivity index (χ3n) is 2.37. The molecule has 3 heteroatoms. The Bertz CT molecular complexity index is 371. The Morgan fingerprint density at radius 2 is 2.23 bits per heavy atom. The predicted octanol–water partition coefficient (Wildman–Crippen LogP) is 1.86. The molecule has 0 saturated carbocycles. The van der Waals surface area contributed by atoms with Gasteiger partial charge in [0.1, 0.15) is 0 Å². The summed E-state index contributed by atoms with van der Waals surface area (Å²) < 4.78 is 0.964. The molecule has 1 aliphatic rings. The Morgan fingerprint density at radius 3 is 3.00 bits per heavy atom. The van der Waals surface area contributed by atoms with Crippen molar-refractivity contribution in [2.45, 2.75) is 12.8 Å². The van der Waals surface area contributed by atoms with Gasteiger partial charge < -0.3 is 0 Å².